The molecule has 0 aliphatic heterocycles. The lowest BCUT2D eigenvalue weighted by atomic mass is 9.95. The largest absolute Gasteiger partial charge is 0.481 e. The maximum Gasteiger partial charge on any atom is 0.307 e. The molecular formula is C14H25NO4. The molecule has 1 aliphatic carbocycles. The van der Waals surface area contributed by atoms with Crippen molar-refractivity contribution in [3.63, 3.8) is 0 Å². The standard InChI is InChI=1S/C14H25NO4/c1-4-10-7-11(12(8-10)14(17)18)13(16)15-9(2)5-6-19-3/h9-12H,4-8H2,1-3H3,(H,15,16)(H,17,18). The minimum absolute atomic E-state index is 0.0163. The average Bonchev–Trinajstić information content (AvgIpc) is 2.80. The van der Waals surface area contributed by atoms with Crippen LogP contribution >= 0.6 is 0 Å². The molecule has 1 rings (SSSR count). The number of carbonyl (C=O) groups is 2. The molecule has 5 nitrogen and oxygen atoms in total. The summed E-state index contributed by atoms with van der Waals surface area (Å²) in [6.07, 6.45) is 2.99. The Hall–Kier alpha value is -1.10. The van der Waals surface area contributed by atoms with Gasteiger partial charge in [-0.1, -0.05) is 13.3 Å². The molecule has 1 fully saturated rings. The van der Waals surface area contributed by atoms with E-state index >= 15 is 0 Å². The predicted octanol–water partition coefficient (Wildman–Crippen LogP) is 1.66. The van der Waals surface area contributed by atoms with E-state index in [2.05, 4.69) is 5.32 Å². The minimum Gasteiger partial charge on any atom is -0.481 e. The molecule has 4 unspecified atom stereocenters. The van der Waals surface area contributed by atoms with Crippen LogP contribution < -0.4 is 5.32 Å². The molecule has 5 heteroatoms. The van der Waals surface area contributed by atoms with Gasteiger partial charge < -0.3 is 15.2 Å². The summed E-state index contributed by atoms with van der Waals surface area (Å²) in [7, 11) is 1.62. The SMILES string of the molecule is CCC1CC(C(=O)O)C(C(=O)NC(C)CCOC)C1. The second-order valence-electron chi connectivity index (χ2n) is 5.49. The van der Waals surface area contributed by atoms with Gasteiger partial charge in [0.25, 0.3) is 0 Å². The van der Waals surface area contributed by atoms with Crippen molar-refractivity contribution >= 4 is 11.9 Å². The summed E-state index contributed by atoms with van der Waals surface area (Å²) in [6, 6.07) is 0.0163. The van der Waals surface area contributed by atoms with Gasteiger partial charge in [-0.15, -0.1) is 0 Å². The van der Waals surface area contributed by atoms with Crippen molar-refractivity contribution in [1.29, 1.82) is 0 Å². The van der Waals surface area contributed by atoms with E-state index in [9.17, 15) is 14.7 Å². The Kier molecular flexibility index (Phi) is 6.28. The third kappa shape index (κ3) is 4.49. The second-order valence-corrected chi connectivity index (χ2v) is 5.49. The van der Waals surface area contributed by atoms with E-state index < -0.39 is 11.9 Å². The van der Waals surface area contributed by atoms with E-state index in [0.717, 1.165) is 12.8 Å². The fourth-order valence-electron chi connectivity index (χ4n) is 2.76. The minimum atomic E-state index is -0.847. The van der Waals surface area contributed by atoms with Crippen LogP contribution in [-0.2, 0) is 14.3 Å². The number of amides is 1. The lowest BCUT2D eigenvalue weighted by Gasteiger charge is -2.19. The number of carboxylic acid groups (broad SMARTS) is 1. The topological polar surface area (TPSA) is 75.6 Å². The van der Waals surface area contributed by atoms with E-state index in [1.807, 2.05) is 13.8 Å². The van der Waals surface area contributed by atoms with Gasteiger partial charge in [0.15, 0.2) is 0 Å². The lowest BCUT2D eigenvalue weighted by Crippen LogP contribution is -2.40. The summed E-state index contributed by atoms with van der Waals surface area (Å²) in [5.74, 6) is -1.52. The van der Waals surface area contributed by atoms with Crippen LogP contribution in [0.4, 0.5) is 0 Å². The predicted molar refractivity (Wildman–Crippen MR) is 71.7 cm³/mol. The monoisotopic (exact) mass is 271 g/mol. The summed E-state index contributed by atoms with van der Waals surface area (Å²) >= 11 is 0. The molecule has 0 bridgehead atoms. The van der Waals surface area contributed by atoms with E-state index in [-0.39, 0.29) is 17.9 Å². The highest BCUT2D eigenvalue weighted by molar-refractivity contribution is 5.85. The van der Waals surface area contributed by atoms with Crippen molar-refractivity contribution in [2.24, 2.45) is 17.8 Å². The fraction of sp³-hybridized carbons (Fsp3) is 0.857. The number of ether oxygens (including phenoxy) is 1. The first kappa shape index (κ1) is 16.0. The molecule has 0 aromatic rings. The number of hydrogen-bond donors (Lipinski definition) is 2. The van der Waals surface area contributed by atoms with E-state index in [0.29, 0.717) is 25.4 Å². The van der Waals surface area contributed by atoms with Gasteiger partial charge >= 0.3 is 5.97 Å². The Morgan fingerprint density at radius 2 is 2.00 bits per heavy atom. The number of hydrogen-bond acceptors (Lipinski definition) is 3. The molecule has 0 aromatic heterocycles. The van der Waals surface area contributed by atoms with Crippen molar-refractivity contribution in [2.45, 2.75) is 45.6 Å². The van der Waals surface area contributed by atoms with Gasteiger partial charge in [0.2, 0.25) is 5.91 Å². The molecule has 110 valence electrons. The Balaban J connectivity index is 2.56. The van der Waals surface area contributed by atoms with Gasteiger partial charge in [-0.3, -0.25) is 9.59 Å². The Bertz CT molecular complexity index is 319. The number of carboxylic acids is 1. The first-order chi connectivity index (χ1) is 8.99. The van der Waals surface area contributed by atoms with Crippen molar-refractivity contribution in [3.05, 3.63) is 0 Å². The van der Waals surface area contributed by atoms with Gasteiger partial charge in [-0.25, -0.2) is 0 Å². The fourth-order valence-corrected chi connectivity index (χ4v) is 2.76. The van der Waals surface area contributed by atoms with Gasteiger partial charge in [-0.2, -0.15) is 0 Å². The summed E-state index contributed by atoms with van der Waals surface area (Å²) in [5.41, 5.74) is 0. The van der Waals surface area contributed by atoms with Crippen molar-refractivity contribution < 1.29 is 19.4 Å². The molecule has 0 spiro atoms. The zero-order valence-corrected chi connectivity index (χ0v) is 12.0. The van der Waals surface area contributed by atoms with Crippen molar-refractivity contribution in [1.82, 2.24) is 5.32 Å². The average molecular weight is 271 g/mol. The van der Waals surface area contributed by atoms with Crippen LogP contribution in [-0.4, -0.2) is 36.7 Å². The normalized spacial score (nSPS) is 28.1. The van der Waals surface area contributed by atoms with Gasteiger partial charge in [0.1, 0.15) is 0 Å². The quantitative estimate of drug-likeness (QED) is 0.738. The number of methoxy groups -OCH3 is 1. The van der Waals surface area contributed by atoms with Crippen LogP contribution in [0.5, 0.6) is 0 Å². The van der Waals surface area contributed by atoms with Crippen LogP contribution in [0.3, 0.4) is 0 Å². The zero-order valence-electron chi connectivity index (χ0n) is 12.0. The molecule has 0 radical (unpaired) electrons. The van der Waals surface area contributed by atoms with Gasteiger partial charge in [0.05, 0.1) is 11.8 Å². The molecule has 2 N–H and O–H groups in total. The molecule has 0 heterocycles. The Morgan fingerprint density at radius 1 is 1.37 bits per heavy atom. The molecule has 19 heavy (non-hydrogen) atoms. The Morgan fingerprint density at radius 3 is 2.53 bits per heavy atom. The van der Waals surface area contributed by atoms with E-state index in [4.69, 9.17) is 4.74 Å². The first-order valence-electron chi connectivity index (χ1n) is 7.01. The Labute approximate surface area is 114 Å². The molecular weight excluding hydrogens is 246 g/mol. The molecule has 0 aromatic carbocycles. The third-order valence-corrected chi connectivity index (χ3v) is 4.04. The summed E-state index contributed by atoms with van der Waals surface area (Å²) in [6.45, 7) is 4.55. The lowest BCUT2D eigenvalue weighted by molar-refractivity contribution is -0.146. The second kappa shape index (κ2) is 7.48. The summed E-state index contributed by atoms with van der Waals surface area (Å²) < 4.78 is 4.97. The number of aliphatic carboxylic acids is 1. The number of rotatable bonds is 7. The first-order valence-corrected chi connectivity index (χ1v) is 7.01. The van der Waals surface area contributed by atoms with Crippen LogP contribution in [0.2, 0.25) is 0 Å². The maximum atomic E-state index is 12.2. The van der Waals surface area contributed by atoms with Crippen LogP contribution in [0.15, 0.2) is 0 Å². The van der Waals surface area contributed by atoms with Crippen LogP contribution in [0.1, 0.15) is 39.5 Å². The van der Waals surface area contributed by atoms with E-state index in [1.165, 1.54) is 0 Å². The molecule has 1 amide bonds. The highest BCUT2D eigenvalue weighted by Gasteiger charge is 2.42. The van der Waals surface area contributed by atoms with Crippen molar-refractivity contribution in [3.8, 4) is 0 Å². The number of carbonyl (C=O) groups excluding carboxylic acids is 1. The smallest absolute Gasteiger partial charge is 0.307 e. The zero-order chi connectivity index (χ0) is 14.4. The van der Waals surface area contributed by atoms with Gasteiger partial charge in [-0.05, 0) is 32.1 Å². The molecule has 4 atom stereocenters. The molecule has 1 aliphatic rings. The summed E-state index contributed by atoms with van der Waals surface area (Å²) in [5, 5.41) is 12.1. The van der Waals surface area contributed by atoms with Crippen molar-refractivity contribution in [2.75, 3.05) is 13.7 Å². The summed E-state index contributed by atoms with van der Waals surface area (Å²) in [4.78, 5) is 23.4. The highest BCUT2D eigenvalue weighted by atomic mass is 16.5. The van der Waals surface area contributed by atoms with Crippen LogP contribution in [0.25, 0.3) is 0 Å². The van der Waals surface area contributed by atoms with Crippen LogP contribution in [0, 0.1) is 17.8 Å². The molecule has 1 saturated carbocycles. The molecule has 0 saturated heterocycles. The van der Waals surface area contributed by atoms with Gasteiger partial charge in [0, 0.05) is 19.8 Å². The number of nitrogens with one attached hydrogen (secondary N) is 1. The maximum absolute atomic E-state index is 12.2. The van der Waals surface area contributed by atoms with E-state index in [1.54, 1.807) is 7.11 Å². The third-order valence-electron chi connectivity index (χ3n) is 4.04. The highest BCUT2D eigenvalue weighted by Crippen LogP contribution is 2.38.